The lowest BCUT2D eigenvalue weighted by molar-refractivity contribution is -0.384. The molecule has 3 rings (SSSR count). The van der Waals surface area contributed by atoms with Gasteiger partial charge in [0, 0.05) is 37.5 Å². The molecule has 0 aliphatic heterocycles. The molecule has 0 radical (unpaired) electrons. The third-order valence-corrected chi connectivity index (χ3v) is 4.61. The van der Waals surface area contributed by atoms with Crippen LogP contribution < -0.4 is 5.32 Å². The molecule has 0 saturated carbocycles. The summed E-state index contributed by atoms with van der Waals surface area (Å²) >= 11 is 1.50. The van der Waals surface area contributed by atoms with Crippen LogP contribution in [0, 0.1) is 10.1 Å². The number of carbonyl (C=O) groups excluding carboxylic acids is 1. The van der Waals surface area contributed by atoms with Crippen LogP contribution in [0.25, 0.3) is 10.6 Å². The number of anilines is 1. The monoisotopic (exact) mass is 403 g/mol. The molecule has 0 amide bonds. The molecule has 2 heterocycles. The van der Waals surface area contributed by atoms with Gasteiger partial charge < -0.3 is 19.3 Å². The van der Waals surface area contributed by atoms with Crippen LogP contribution in [0.3, 0.4) is 0 Å². The van der Waals surface area contributed by atoms with Gasteiger partial charge in [-0.05, 0) is 17.5 Å². The first kappa shape index (κ1) is 19.5. The van der Waals surface area contributed by atoms with E-state index in [1.165, 1.54) is 29.5 Å². The maximum Gasteiger partial charge on any atom is 0.340 e. The Bertz CT molecular complexity index is 954. The van der Waals surface area contributed by atoms with Gasteiger partial charge in [-0.25, -0.2) is 4.79 Å². The Hall–Kier alpha value is -3.24. The van der Waals surface area contributed by atoms with Crippen molar-refractivity contribution in [3.63, 3.8) is 0 Å². The number of carbonyl (C=O) groups is 1. The number of nitro benzene ring substituents is 1. The van der Waals surface area contributed by atoms with E-state index in [0.29, 0.717) is 30.3 Å². The van der Waals surface area contributed by atoms with E-state index in [0.717, 1.165) is 4.88 Å². The first-order valence-electron chi connectivity index (χ1n) is 8.26. The molecule has 1 N–H and O–H groups in total. The van der Waals surface area contributed by atoms with Crippen molar-refractivity contribution in [2.45, 2.75) is 6.61 Å². The lowest BCUT2D eigenvalue weighted by Crippen LogP contribution is -2.13. The largest absolute Gasteiger partial charge is 0.455 e. The van der Waals surface area contributed by atoms with Gasteiger partial charge in [-0.2, -0.15) is 0 Å². The molecule has 0 bridgehead atoms. The van der Waals surface area contributed by atoms with Gasteiger partial charge in [-0.3, -0.25) is 10.1 Å². The molecular formula is C18H17N3O6S. The second kappa shape index (κ2) is 9.11. The molecule has 0 fully saturated rings. The number of ether oxygens (including phenoxy) is 2. The Labute approximate surface area is 164 Å². The fourth-order valence-corrected chi connectivity index (χ4v) is 3.06. The number of rotatable bonds is 9. The highest BCUT2D eigenvalue weighted by Gasteiger charge is 2.19. The molecule has 10 heteroatoms. The van der Waals surface area contributed by atoms with Crippen LogP contribution in [0.1, 0.15) is 16.1 Å². The van der Waals surface area contributed by atoms with Crippen LogP contribution in [0.2, 0.25) is 0 Å². The minimum atomic E-state index is -0.704. The molecule has 9 nitrogen and oxygen atoms in total. The lowest BCUT2D eigenvalue weighted by Gasteiger charge is -2.11. The zero-order valence-corrected chi connectivity index (χ0v) is 15.7. The van der Waals surface area contributed by atoms with E-state index in [4.69, 9.17) is 14.0 Å². The Balaban J connectivity index is 1.71. The van der Waals surface area contributed by atoms with E-state index in [1.807, 2.05) is 17.5 Å². The Kier molecular flexibility index (Phi) is 6.35. The summed E-state index contributed by atoms with van der Waals surface area (Å²) in [5, 5.41) is 19.8. The number of thiophene rings is 1. The average molecular weight is 403 g/mol. The summed E-state index contributed by atoms with van der Waals surface area (Å²) in [4.78, 5) is 23.9. The number of methoxy groups -OCH3 is 1. The van der Waals surface area contributed by atoms with Gasteiger partial charge in [0.2, 0.25) is 0 Å². The summed E-state index contributed by atoms with van der Waals surface area (Å²) in [6.45, 7) is 0.728. The van der Waals surface area contributed by atoms with Gasteiger partial charge in [0.25, 0.3) is 5.69 Å². The normalized spacial score (nSPS) is 10.6. The molecular weight excluding hydrogens is 386 g/mol. The van der Waals surface area contributed by atoms with E-state index >= 15 is 0 Å². The molecule has 0 aliphatic rings. The number of nitrogens with one attached hydrogen (secondary N) is 1. The number of non-ortho nitro benzene ring substituents is 1. The van der Waals surface area contributed by atoms with Gasteiger partial charge in [0.1, 0.15) is 12.3 Å². The van der Waals surface area contributed by atoms with Gasteiger partial charge in [0.15, 0.2) is 5.76 Å². The minimum absolute atomic E-state index is 0.0623. The number of nitrogens with zero attached hydrogens (tertiary/aromatic N) is 2. The predicted molar refractivity (Wildman–Crippen MR) is 102 cm³/mol. The van der Waals surface area contributed by atoms with Crippen LogP contribution in [0.5, 0.6) is 0 Å². The van der Waals surface area contributed by atoms with Crippen molar-refractivity contribution >= 4 is 28.7 Å². The maximum absolute atomic E-state index is 12.5. The molecule has 0 aliphatic carbocycles. The van der Waals surface area contributed by atoms with Crippen molar-refractivity contribution in [2.24, 2.45) is 0 Å². The molecule has 0 unspecified atom stereocenters. The van der Waals surface area contributed by atoms with E-state index < -0.39 is 10.9 Å². The third kappa shape index (κ3) is 4.72. The SMILES string of the molecule is COCCNc1ccc([N+](=O)[O-])cc1C(=O)OCc1cc(-c2cccs2)on1. The first-order chi connectivity index (χ1) is 13.6. The smallest absolute Gasteiger partial charge is 0.340 e. The number of hydrogen-bond acceptors (Lipinski definition) is 9. The number of nitro groups is 1. The summed E-state index contributed by atoms with van der Waals surface area (Å²) in [5.41, 5.74) is 0.723. The molecule has 28 heavy (non-hydrogen) atoms. The lowest BCUT2D eigenvalue weighted by atomic mass is 10.1. The minimum Gasteiger partial charge on any atom is -0.455 e. The molecule has 146 valence electrons. The highest BCUT2D eigenvalue weighted by molar-refractivity contribution is 7.13. The Morgan fingerprint density at radius 1 is 1.36 bits per heavy atom. The Morgan fingerprint density at radius 2 is 2.21 bits per heavy atom. The molecule has 2 aromatic heterocycles. The van der Waals surface area contributed by atoms with E-state index in [2.05, 4.69) is 10.5 Å². The summed E-state index contributed by atoms with van der Waals surface area (Å²) in [6, 6.07) is 9.43. The van der Waals surface area contributed by atoms with Crippen LogP contribution >= 0.6 is 11.3 Å². The summed E-state index contributed by atoms with van der Waals surface area (Å²) in [7, 11) is 1.55. The fraction of sp³-hybridized carbons (Fsp3) is 0.222. The Morgan fingerprint density at radius 3 is 2.93 bits per heavy atom. The van der Waals surface area contributed by atoms with E-state index in [1.54, 1.807) is 13.2 Å². The summed E-state index contributed by atoms with van der Waals surface area (Å²) < 4.78 is 15.5. The number of benzene rings is 1. The van der Waals surface area contributed by atoms with Crippen LogP contribution in [0.15, 0.2) is 46.3 Å². The van der Waals surface area contributed by atoms with Crippen LogP contribution in [0.4, 0.5) is 11.4 Å². The van der Waals surface area contributed by atoms with Crippen molar-refractivity contribution in [3.05, 3.63) is 63.1 Å². The van der Waals surface area contributed by atoms with Crippen LogP contribution in [-0.2, 0) is 16.1 Å². The predicted octanol–water partition coefficient (Wildman–Crippen LogP) is 3.73. The molecule has 0 saturated heterocycles. The van der Waals surface area contributed by atoms with Crippen molar-refractivity contribution in [1.29, 1.82) is 0 Å². The highest BCUT2D eigenvalue weighted by Crippen LogP contribution is 2.26. The standard InChI is InChI=1S/C18H17N3O6S/c1-25-7-6-19-15-5-4-13(21(23)24)10-14(15)18(22)26-11-12-9-16(27-20-12)17-3-2-8-28-17/h2-5,8-10,19H,6-7,11H2,1H3. The van der Waals surface area contributed by atoms with E-state index in [9.17, 15) is 14.9 Å². The molecule has 0 atom stereocenters. The van der Waals surface area contributed by atoms with Gasteiger partial charge in [-0.1, -0.05) is 11.2 Å². The summed E-state index contributed by atoms with van der Waals surface area (Å²) in [5.74, 6) is -0.123. The quantitative estimate of drug-likeness (QED) is 0.249. The third-order valence-electron chi connectivity index (χ3n) is 3.73. The van der Waals surface area contributed by atoms with Crippen molar-refractivity contribution in [3.8, 4) is 10.6 Å². The van der Waals surface area contributed by atoms with Gasteiger partial charge in [0.05, 0.1) is 22.0 Å². The summed E-state index contributed by atoms with van der Waals surface area (Å²) in [6.07, 6.45) is 0. The van der Waals surface area contributed by atoms with Gasteiger partial charge in [-0.15, -0.1) is 11.3 Å². The number of esters is 1. The van der Waals surface area contributed by atoms with E-state index in [-0.39, 0.29) is 17.9 Å². The average Bonchev–Trinajstić information content (AvgIpc) is 3.38. The second-order valence-corrected chi connectivity index (χ2v) is 6.59. The van der Waals surface area contributed by atoms with Crippen molar-refractivity contribution < 1.29 is 23.7 Å². The zero-order chi connectivity index (χ0) is 19.9. The maximum atomic E-state index is 12.5. The molecule has 0 spiro atoms. The van der Waals surface area contributed by atoms with Crippen molar-refractivity contribution in [2.75, 3.05) is 25.6 Å². The topological polar surface area (TPSA) is 117 Å². The fourth-order valence-electron chi connectivity index (χ4n) is 2.39. The second-order valence-electron chi connectivity index (χ2n) is 5.64. The molecule has 1 aromatic carbocycles. The molecule has 3 aromatic rings. The zero-order valence-electron chi connectivity index (χ0n) is 14.9. The van der Waals surface area contributed by atoms with Gasteiger partial charge >= 0.3 is 5.97 Å². The first-order valence-corrected chi connectivity index (χ1v) is 9.14. The number of hydrogen-bond donors (Lipinski definition) is 1. The van der Waals surface area contributed by atoms with Crippen molar-refractivity contribution in [1.82, 2.24) is 5.16 Å². The number of aromatic nitrogens is 1. The highest BCUT2D eigenvalue weighted by atomic mass is 32.1. The van der Waals surface area contributed by atoms with Crippen LogP contribution in [-0.4, -0.2) is 36.3 Å².